The first-order chi connectivity index (χ1) is 11.9. The number of fused-ring (bicyclic) bond motifs is 1. The van der Waals surface area contributed by atoms with Crippen molar-refractivity contribution in [3.8, 4) is 6.07 Å². The molecule has 8 heteroatoms. The molecule has 0 unspecified atom stereocenters. The molecule has 2 aromatic rings. The Morgan fingerprint density at radius 1 is 1.36 bits per heavy atom. The Labute approximate surface area is 158 Å². The highest BCUT2D eigenvalue weighted by Crippen LogP contribution is 2.37. The van der Waals surface area contributed by atoms with Gasteiger partial charge in [0, 0.05) is 23.4 Å². The molecule has 0 bridgehead atoms. The molecule has 3 rings (SSSR count). The number of nitrogens with one attached hydrogen (secondary N) is 1. The topological polar surface area (TPSA) is 73.2 Å². The van der Waals surface area contributed by atoms with Crippen LogP contribution in [0.2, 0.25) is 10.0 Å². The maximum atomic E-state index is 12.5. The van der Waals surface area contributed by atoms with Gasteiger partial charge in [0.1, 0.15) is 11.1 Å². The molecule has 0 saturated heterocycles. The third kappa shape index (κ3) is 3.49. The molecule has 0 spiro atoms. The Hall–Kier alpha value is -2.07. The van der Waals surface area contributed by atoms with Gasteiger partial charge in [-0.25, -0.2) is 0 Å². The van der Waals surface area contributed by atoms with E-state index in [1.54, 1.807) is 11.0 Å². The van der Waals surface area contributed by atoms with Gasteiger partial charge in [0.15, 0.2) is 0 Å². The number of benzene rings is 1. The van der Waals surface area contributed by atoms with Crippen molar-refractivity contribution in [1.82, 2.24) is 4.90 Å². The minimum absolute atomic E-state index is 0.00362. The van der Waals surface area contributed by atoms with Gasteiger partial charge in [-0.2, -0.15) is 5.26 Å². The molecule has 5 nitrogen and oxygen atoms in total. The number of amides is 2. The predicted octanol–water partition coefficient (Wildman–Crippen LogP) is 4.08. The summed E-state index contributed by atoms with van der Waals surface area (Å²) in [7, 11) is 0. The van der Waals surface area contributed by atoms with Crippen LogP contribution in [-0.2, 0) is 17.8 Å². The number of hydrogen-bond acceptors (Lipinski definition) is 4. The van der Waals surface area contributed by atoms with E-state index in [1.807, 2.05) is 0 Å². The van der Waals surface area contributed by atoms with Crippen LogP contribution in [0, 0.1) is 11.3 Å². The van der Waals surface area contributed by atoms with Gasteiger partial charge in [0.25, 0.3) is 5.91 Å². The summed E-state index contributed by atoms with van der Waals surface area (Å²) in [5.41, 5.74) is 1.65. The van der Waals surface area contributed by atoms with Crippen LogP contribution in [0.4, 0.5) is 5.00 Å². The summed E-state index contributed by atoms with van der Waals surface area (Å²) in [5, 5.41) is 13.4. The van der Waals surface area contributed by atoms with Gasteiger partial charge in [-0.15, -0.1) is 11.3 Å². The highest BCUT2D eigenvalue weighted by molar-refractivity contribution is 7.16. The van der Waals surface area contributed by atoms with E-state index in [1.165, 1.54) is 30.4 Å². The fourth-order valence-electron chi connectivity index (χ4n) is 2.72. The van der Waals surface area contributed by atoms with Crippen LogP contribution in [0.25, 0.3) is 0 Å². The summed E-state index contributed by atoms with van der Waals surface area (Å²) in [5.74, 6) is -0.406. The average molecular weight is 394 g/mol. The summed E-state index contributed by atoms with van der Waals surface area (Å²) < 4.78 is 0. The zero-order valence-corrected chi connectivity index (χ0v) is 15.6. The van der Waals surface area contributed by atoms with Crippen molar-refractivity contribution in [3.63, 3.8) is 0 Å². The van der Waals surface area contributed by atoms with Crippen LogP contribution >= 0.6 is 34.5 Å². The van der Waals surface area contributed by atoms with Gasteiger partial charge < -0.3 is 10.2 Å². The van der Waals surface area contributed by atoms with Crippen LogP contribution in [0.15, 0.2) is 18.2 Å². The molecule has 1 aromatic heterocycles. The van der Waals surface area contributed by atoms with Crippen LogP contribution < -0.4 is 5.32 Å². The molecule has 2 heterocycles. The number of nitrogens with zero attached hydrogens (tertiary/aromatic N) is 2. The first-order valence-electron chi connectivity index (χ1n) is 7.47. The SMILES string of the molecule is CC(=O)N1CCc2c(sc(NC(=O)c3ccc(Cl)cc3Cl)c2C#N)C1. The maximum absolute atomic E-state index is 12.5. The summed E-state index contributed by atoms with van der Waals surface area (Å²) in [6.45, 7) is 2.56. The molecular weight excluding hydrogens is 381 g/mol. The van der Waals surface area contributed by atoms with Crippen LogP contribution in [0.3, 0.4) is 0 Å². The van der Waals surface area contributed by atoms with Gasteiger partial charge in [-0.05, 0) is 30.2 Å². The van der Waals surface area contributed by atoms with Crippen molar-refractivity contribution in [3.05, 3.63) is 49.8 Å². The van der Waals surface area contributed by atoms with Crippen LogP contribution in [-0.4, -0.2) is 23.3 Å². The predicted molar refractivity (Wildman–Crippen MR) is 98.2 cm³/mol. The lowest BCUT2D eigenvalue weighted by molar-refractivity contribution is -0.129. The van der Waals surface area contributed by atoms with Crippen LogP contribution in [0.1, 0.15) is 33.3 Å². The summed E-state index contributed by atoms with van der Waals surface area (Å²) in [4.78, 5) is 26.7. The molecule has 2 amide bonds. The van der Waals surface area contributed by atoms with Crippen molar-refractivity contribution < 1.29 is 9.59 Å². The molecule has 1 N–H and O–H groups in total. The van der Waals surface area contributed by atoms with Gasteiger partial charge in [-0.3, -0.25) is 9.59 Å². The number of carbonyl (C=O) groups excluding carboxylic acids is 2. The molecule has 1 aromatic carbocycles. The summed E-state index contributed by atoms with van der Waals surface area (Å²) in [6, 6.07) is 6.78. The molecule has 1 aliphatic rings. The lowest BCUT2D eigenvalue weighted by Crippen LogP contribution is -2.33. The fourth-order valence-corrected chi connectivity index (χ4v) is 4.43. The maximum Gasteiger partial charge on any atom is 0.257 e. The van der Waals surface area contributed by atoms with E-state index in [2.05, 4.69) is 11.4 Å². The zero-order chi connectivity index (χ0) is 18.1. The largest absolute Gasteiger partial charge is 0.337 e. The first-order valence-corrected chi connectivity index (χ1v) is 9.04. The fraction of sp³-hybridized carbons (Fsp3) is 0.235. The second kappa shape index (κ2) is 7.04. The van der Waals surface area contributed by atoms with Gasteiger partial charge >= 0.3 is 0 Å². The number of nitriles is 1. The molecule has 0 atom stereocenters. The molecule has 0 radical (unpaired) electrons. The average Bonchev–Trinajstić information content (AvgIpc) is 2.90. The number of rotatable bonds is 2. The Morgan fingerprint density at radius 3 is 2.76 bits per heavy atom. The van der Waals surface area contributed by atoms with E-state index in [4.69, 9.17) is 23.2 Å². The highest BCUT2D eigenvalue weighted by Gasteiger charge is 2.26. The monoisotopic (exact) mass is 393 g/mol. The molecule has 0 fully saturated rings. The summed E-state index contributed by atoms with van der Waals surface area (Å²) in [6.07, 6.45) is 0.603. The second-order valence-electron chi connectivity index (χ2n) is 5.59. The molecule has 25 heavy (non-hydrogen) atoms. The van der Waals surface area contributed by atoms with E-state index in [-0.39, 0.29) is 16.5 Å². The van der Waals surface area contributed by atoms with E-state index >= 15 is 0 Å². The Morgan fingerprint density at radius 2 is 2.12 bits per heavy atom. The Bertz CT molecular complexity index is 917. The number of halogens is 2. The minimum atomic E-state index is -0.403. The smallest absolute Gasteiger partial charge is 0.257 e. The molecule has 128 valence electrons. The Kier molecular flexibility index (Phi) is 5.00. The van der Waals surface area contributed by atoms with Crippen molar-refractivity contribution in [1.29, 1.82) is 5.26 Å². The van der Waals surface area contributed by atoms with Gasteiger partial charge in [0.05, 0.1) is 22.7 Å². The minimum Gasteiger partial charge on any atom is -0.337 e. The standard InChI is InChI=1S/C17H13Cl2N3O2S/c1-9(23)22-5-4-11-13(7-20)17(25-15(11)8-22)21-16(24)12-3-2-10(18)6-14(12)19/h2-3,6H,4-5,8H2,1H3,(H,21,24). The van der Waals surface area contributed by atoms with E-state index < -0.39 is 5.91 Å². The van der Waals surface area contributed by atoms with Gasteiger partial charge in [-0.1, -0.05) is 23.2 Å². The highest BCUT2D eigenvalue weighted by atomic mass is 35.5. The number of carbonyl (C=O) groups is 2. The quantitative estimate of drug-likeness (QED) is 0.834. The number of thiophene rings is 1. The van der Waals surface area contributed by atoms with Crippen molar-refractivity contribution >= 4 is 51.4 Å². The molecular formula is C17H13Cl2N3O2S. The second-order valence-corrected chi connectivity index (χ2v) is 7.54. The first kappa shape index (κ1) is 17.7. The Balaban J connectivity index is 1.90. The summed E-state index contributed by atoms with van der Waals surface area (Å²) >= 11 is 13.2. The number of anilines is 1. The van der Waals surface area contributed by atoms with Crippen molar-refractivity contribution in [2.75, 3.05) is 11.9 Å². The third-order valence-corrected chi connectivity index (χ3v) is 5.70. The molecule has 0 aliphatic carbocycles. The van der Waals surface area contributed by atoms with Gasteiger partial charge in [0.2, 0.25) is 5.91 Å². The molecule has 1 aliphatic heterocycles. The normalized spacial score (nSPS) is 13.1. The van der Waals surface area contributed by atoms with E-state index in [0.717, 1.165) is 10.4 Å². The zero-order valence-electron chi connectivity index (χ0n) is 13.2. The third-order valence-electron chi connectivity index (χ3n) is 4.02. The lowest BCUT2D eigenvalue weighted by Gasteiger charge is -2.25. The lowest BCUT2D eigenvalue weighted by atomic mass is 10.0. The van der Waals surface area contributed by atoms with Crippen molar-refractivity contribution in [2.45, 2.75) is 19.9 Å². The number of hydrogen-bond donors (Lipinski definition) is 1. The van der Waals surface area contributed by atoms with E-state index in [0.29, 0.717) is 35.1 Å². The molecule has 0 saturated carbocycles. The van der Waals surface area contributed by atoms with Crippen LogP contribution in [0.5, 0.6) is 0 Å². The van der Waals surface area contributed by atoms with Crippen molar-refractivity contribution in [2.24, 2.45) is 0 Å². The van der Waals surface area contributed by atoms with E-state index in [9.17, 15) is 14.9 Å².